The monoisotopic (exact) mass is 267 g/mol. The first-order chi connectivity index (χ1) is 7.09. The molecule has 0 fully saturated rings. The van der Waals surface area contributed by atoms with Gasteiger partial charge in [0.15, 0.2) is 0 Å². The zero-order valence-corrected chi connectivity index (χ0v) is 11.2. The van der Waals surface area contributed by atoms with Crippen molar-refractivity contribution in [2.24, 2.45) is 5.92 Å². The Bertz CT molecular complexity index is 360. The Morgan fingerprint density at radius 3 is 2.80 bits per heavy atom. The van der Waals surface area contributed by atoms with E-state index in [4.69, 9.17) is 0 Å². The molecule has 1 heterocycles. The lowest BCUT2D eigenvalue weighted by Gasteiger charge is -2.37. The Morgan fingerprint density at radius 2 is 2.13 bits per heavy atom. The Labute approximate surface area is 101 Å². The number of hydrogen-bond acceptors (Lipinski definition) is 1. The molecule has 0 N–H and O–H groups in total. The Balaban J connectivity index is 2.46. The highest BCUT2D eigenvalue weighted by Crippen LogP contribution is 2.35. The van der Waals surface area contributed by atoms with Crippen LogP contribution >= 0.6 is 15.9 Å². The number of nitrogens with zero attached hydrogens (tertiary/aromatic N) is 1. The van der Waals surface area contributed by atoms with Crippen molar-refractivity contribution in [3.8, 4) is 0 Å². The maximum Gasteiger partial charge on any atom is 0.0371 e. The molecular formula is C13H18BrN. The van der Waals surface area contributed by atoms with Crippen LogP contribution in [0.4, 0.5) is 0 Å². The number of halogens is 1. The molecule has 1 aliphatic heterocycles. The second-order valence-electron chi connectivity index (χ2n) is 4.76. The van der Waals surface area contributed by atoms with Gasteiger partial charge in [0.2, 0.25) is 0 Å². The van der Waals surface area contributed by atoms with Crippen LogP contribution in [0.5, 0.6) is 0 Å². The third-order valence-electron chi connectivity index (χ3n) is 3.27. The fourth-order valence-electron chi connectivity index (χ4n) is 2.61. The van der Waals surface area contributed by atoms with Gasteiger partial charge in [-0.05, 0) is 42.6 Å². The molecule has 0 bridgehead atoms. The summed E-state index contributed by atoms with van der Waals surface area (Å²) >= 11 is 3.57. The normalized spacial score (nSPS) is 21.8. The van der Waals surface area contributed by atoms with Crippen molar-refractivity contribution in [2.75, 3.05) is 13.6 Å². The van der Waals surface area contributed by atoms with Gasteiger partial charge < -0.3 is 0 Å². The van der Waals surface area contributed by atoms with Crippen LogP contribution in [0.3, 0.4) is 0 Å². The molecule has 82 valence electrons. The van der Waals surface area contributed by atoms with Crippen LogP contribution < -0.4 is 0 Å². The standard InChI is InChI=1S/C13H18BrN/c1-9(2)13-12-8-11(14)5-4-10(12)6-7-15(13)3/h4-5,8-9,13H,6-7H2,1-3H3. The number of rotatable bonds is 1. The van der Waals surface area contributed by atoms with E-state index in [1.165, 1.54) is 28.6 Å². The highest BCUT2D eigenvalue weighted by atomic mass is 79.9. The third-order valence-corrected chi connectivity index (χ3v) is 3.76. The molecule has 1 aliphatic rings. The van der Waals surface area contributed by atoms with Crippen LogP contribution in [-0.2, 0) is 6.42 Å². The van der Waals surface area contributed by atoms with Gasteiger partial charge in [0.1, 0.15) is 0 Å². The van der Waals surface area contributed by atoms with Gasteiger partial charge in [-0.25, -0.2) is 0 Å². The maximum absolute atomic E-state index is 3.57. The molecule has 1 aromatic rings. The second-order valence-corrected chi connectivity index (χ2v) is 5.68. The molecule has 1 nitrogen and oxygen atoms in total. The van der Waals surface area contributed by atoms with E-state index in [0.717, 1.165) is 0 Å². The van der Waals surface area contributed by atoms with Crippen molar-refractivity contribution in [1.29, 1.82) is 0 Å². The van der Waals surface area contributed by atoms with E-state index in [-0.39, 0.29) is 0 Å². The summed E-state index contributed by atoms with van der Waals surface area (Å²) in [5.41, 5.74) is 3.03. The van der Waals surface area contributed by atoms with E-state index in [0.29, 0.717) is 12.0 Å². The number of likely N-dealkylation sites (N-methyl/N-ethyl adjacent to an activating group) is 1. The van der Waals surface area contributed by atoms with Crippen LogP contribution in [0.2, 0.25) is 0 Å². The van der Waals surface area contributed by atoms with E-state index >= 15 is 0 Å². The average molecular weight is 268 g/mol. The highest BCUT2D eigenvalue weighted by Gasteiger charge is 2.26. The van der Waals surface area contributed by atoms with Gasteiger partial charge in [-0.2, -0.15) is 0 Å². The number of benzene rings is 1. The van der Waals surface area contributed by atoms with Gasteiger partial charge in [0, 0.05) is 17.1 Å². The van der Waals surface area contributed by atoms with Gasteiger partial charge in [0.25, 0.3) is 0 Å². The molecule has 0 spiro atoms. The molecule has 2 rings (SSSR count). The van der Waals surface area contributed by atoms with Crippen molar-refractivity contribution in [3.63, 3.8) is 0 Å². The minimum absolute atomic E-state index is 0.575. The third kappa shape index (κ3) is 2.11. The van der Waals surface area contributed by atoms with Crippen LogP contribution in [-0.4, -0.2) is 18.5 Å². The number of hydrogen-bond donors (Lipinski definition) is 0. The zero-order valence-electron chi connectivity index (χ0n) is 9.63. The van der Waals surface area contributed by atoms with Crippen LogP contribution in [0.15, 0.2) is 22.7 Å². The predicted octanol–water partition coefficient (Wildman–Crippen LogP) is 3.63. The predicted molar refractivity (Wildman–Crippen MR) is 68.1 cm³/mol. The average Bonchev–Trinajstić information content (AvgIpc) is 2.16. The molecule has 1 atom stereocenters. The fraction of sp³-hybridized carbons (Fsp3) is 0.538. The van der Waals surface area contributed by atoms with Crippen molar-refractivity contribution < 1.29 is 0 Å². The summed E-state index contributed by atoms with van der Waals surface area (Å²) < 4.78 is 1.20. The Morgan fingerprint density at radius 1 is 1.40 bits per heavy atom. The lowest BCUT2D eigenvalue weighted by molar-refractivity contribution is 0.181. The summed E-state index contributed by atoms with van der Waals surface area (Å²) in [5, 5.41) is 0. The lowest BCUT2D eigenvalue weighted by atomic mass is 9.87. The second kappa shape index (κ2) is 4.26. The highest BCUT2D eigenvalue weighted by molar-refractivity contribution is 9.10. The molecule has 0 saturated carbocycles. The quantitative estimate of drug-likeness (QED) is 0.751. The molecule has 2 heteroatoms. The SMILES string of the molecule is CC(C)C1c2cc(Br)ccc2CCN1C. The largest absolute Gasteiger partial charge is 0.299 e. The van der Waals surface area contributed by atoms with Gasteiger partial charge in [-0.15, -0.1) is 0 Å². The molecule has 0 radical (unpaired) electrons. The van der Waals surface area contributed by atoms with E-state index in [9.17, 15) is 0 Å². The van der Waals surface area contributed by atoms with E-state index in [2.05, 4.69) is 59.9 Å². The van der Waals surface area contributed by atoms with Gasteiger partial charge >= 0.3 is 0 Å². The lowest BCUT2D eigenvalue weighted by Crippen LogP contribution is -2.35. The van der Waals surface area contributed by atoms with Crippen molar-refractivity contribution in [1.82, 2.24) is 4.90 Å². The van der Waals surface area contributed by atoms with Crippen molar-refractivity contribution in [2.45, 2.75) is 26.3 Å². The van der Waals surface area contributed by atoms with E-state index in [1.807, 2.05) is 0 Å². The molecule has 0 amide bonds. The Kier molecular flexibility index (Phi) is 3.17. The smallest absolute Gasteiger partial charge is 0.0371 e. The van der Waals surface area contributed by atoms with Crippen LogP contribution in [0.1, 0.15) is 31.0 Å². The van der Waals surface area contributed by atoms with Crippen LogP contribution in [0, 0.1) is 5.92 Å². The molecule has 0 aromatic heterocycles. The first kappa shape index (κ1) is 11.2. The first-order valence-electron chi connectivity index (χ1n) is 5.58. The molecule has 1 aromatic carbocycles. The summed E-state index contributed by atoms with van der Waals surface area (Å²) in [6, 6.07) is 7.28. The topological polar surface area (TPSA) is 3.24 Å². The summed E-state index contributed by atoms with van der Waals surface area (Å²) in [4.78, 5) is 2.47. The molecule has 0 aliphatic carbocycles. The minimum atomic E-state index is 0.575. The van der Waals surface area contributed by atoms with Crippen molar-refractivity contribution >= 4 is 15.9 Å². The summed E-state index contributed by atoms with van der Waals surface area (Å²) in [5.74, 6) is 0.670. The first-order valence-corrected chi connectivity index (χ1v) is 6.37. The molecule has 15 heavy (non-hydrogen) atoms. The minimum Gasteiger partial charge on any atom is -0.299 e. The molecule has 0 saturated heterocycles. The fourth-order valence-corrected chi connectivity index (χ4v) is 2.99. The molecule has 1 unspecified atom stereocenters. The number of fused-ring (bicyclic) bond motifs is 1. The zero-order chi connectivity index (χ0) is 11.0. The molecular weight excluding hydrogens is 250 g/mol. The maximum atomic E-state index is 3.57. The summed E-state index contributed by atoms with van der Waals surface area (Å²) in [6.07, 6.45) is 1.18. The van der Waals surface area contributed by atoms with Crippen LogP contribution in [0.25, 0.3) is 0 Å². The Hall–Kier alpha value is -0.340. The van der Waals surface area contributed by atoms with Gasteiger partial charge in [0.05, 0.1) is 0 Å². The summed E-state index contributed by atoms with van der Waals surface area (Å²) in [6.45, 7) is 5.78. The van der Waals surface area contributed by atoms with Gasteiger partial charge in [-0.3, -0.25) is 4.90 Å². The van der Waals surface area contributed by atoms with Gasteiger partial charge in [-0.1, -0.05) is 35.8 Å². The van der Waals surface area contributed by atoms with E-state index < -0.39 is 0 Å². The summed E-state index contributed by atoms with van der Waals surface area (Å²) in [7, 11) is 2.23. The van der Waals surface area contributed by atoms with Crippen molar-refractivity contribution in [3.05, 3.63) is 33.8 Å². The van der Waals surface area contributed by atoms with E-state index in [1.54, 1.807) is 0 Å².